The molecule has 2 saturated heterocycles. The topological polar surface area (TPSA) is 440 Å². The van der Waals surface area contributed by atoms with Crippen molar-refractivity contribution in [2.24, 2.45) is 11.8 Å². The van der Waals surface area contributed by atoms with Gasteiger partial charge in [-0.2, -0.15) is 10.1 Å². The smallest absolute Gasteiger partial charge is 0.412 e. The van der Waals surface area contributed by atoms with Crippen molar-refractivity contribution in [2.45, 2.75) is 144 Å². The largest absolute Gasteiger partial charge is 0.464 e. The molecular weight excluding hydrogens is 1290 g/mol. The number of benzene rings is 2. The molecule has 0 radical (unpaired) electrons. The number of hydrogen-bond donors (Lipinski definition) is 10. The minimum absolute atomic E-state index is 0.103. The summed E-state index contributed by atoms with van der Waals surface area (Å²) in [6.07, 6.45) is -1.25. The van der Waals surface area contributed by atoms with Crippen LogP contribution in [-0.2, 0) is 109 Å². The Morgan fingerprint density at radius 2 is 0.745 bits per heavy atom. The van der Waals surface area contributed by atoms with E-state index in [1.807, 2.05) is 36.4 Å². The van der Waals surface area contributed by atoms with Gasteiger partial charge in [-0.25, -0.2) is 28.8 Å². The molecule has 0 aromatic heterocycles. The molecule has 0 aliphatic carbocycles. The number of carbonyl (C=O) groups is 14. The summed E-state index contributed by atoms with van der Waals surface area (Å²) < 4.78 is 30.1. The molecule has 2 aliphatic heterocycles. The lowest BCUT2D eigenvalue weighted by atomic mass is 10.0. The first kappa shape index (κ1) is 80.1. The van der Waals surface area contributed by atoms with E-state index in [0.29, 0.717) is 25.9 Å². The van der Waals surface area contributed by atoms with E-state index in [9.17, 15) is 67.1 Å². The number of hydrogen-bond acceptors (Lipinski definition) is 24. The minimum Gasteiger partial charge on any atom is -0.464 e. The normalized spacial score (nSPS) is 16.1. The molecule has 34 heteroatoms. The number of nitrogens with zero attached hydrogens (tertiary/aromatic N) is 2. The fourth-order valence-electron chi connectivity index (χ4n) is 9.16. The van der Waals surface area contributed by atoms with Crippen LogP contribution in [0.4, 0.5) is 9.59 Å². The summed E-state index contributed by atoms with van der Waals surface area (Å²) in [5.74, 6) is -16.1. The molecule has 0 spiro atoms. The van der Waals surface area contributed by atoms with Crippen molar-refractivity contribution in [3.63, 3.8) is 0 Å². The third-order valence-corrected chi connectivity index (χ3v) is 13.8. The van der Waals surface area contributed by atoms with E-state index in [-0.39, 0.29) is 26.1 Å². The molecule has 2 aliphatic rings. The van der Waals surface area contributed by atoms with E-state index in [0.717, 1.165) is 39.6 Å². The van der Waals surface area contributed by atoms with E-state index in [1.165, 1.54) is 79.4 Å². The maximum Gasteiger partial charge on any atom is 0.412 e. The lowest BCUT2D eigenvalue weighted by Crippen LogP contribution is -2.54. The van der Waals surface area contributed by atoms with Crippen LogP contribution in [0.15, 0.2) is 94.8 Å². The lowest BCUT2D eigenvalue weighted by molar-refractivity contribution is -0.184. The van der Waals surface area contributed by atoms with Crippen molar-refractivity contribution >= 4 is 83.3 Å². The van der Waals surface area contributed by atoms with Crippen molar-refractivity contribution in [3.8, 4) is 0 Å². The molecule has 2 heterocycles. The van der Waals surface area contributed by atoms with E-state index >= 15 is 0 Å². The van der Waals surface area contributed by atoms with E-state index in [1.54, 1.807) is 24.3 Å². The monoisotopic (exact) mass is 1380 g/mol. The molecule has 10 N–H and O–H groups in total. The molecule has 0 bridgehead atoms. The van der Waals surface area contributed by atoms with Gasteiger partial charge in [0.2, 0.25) is 35.4 Å². The van der Waals surface area contributed by atoms with Gasteiger partial charge in [0.25, 0.3) is 11.8 Å². The number of carbonyl (C=O) groups excluding carboxylic acids is 14. The Hall–Kier alpha value is -10.3. The zero-order valence-electron chi connectivity index (χ0n) is 57.2. The van der Waals surface area contributed by atoms with Gasteiger partial charge >= 0.3 is 36.1 Å². The molecule has 2 fully saturated rings. The van der Waals surface area contributed by atoms with Gasteiger partial charge in [0.15, 0.2) is 22.8 Å². The van der Waals surface area contributed by atoms with Crippen LogP contribution < -0.4 is 53.2 Å². The molecule has 2 aromatic rings. The zero-order chi connectivity index (χ0) is 73.2. The molecule has 34 nitrogen and oxygen atoms in total. The van der Waals surface area contributed by atoms with Crippen molar-refractivity contribution in [1.82, 2.24) is 63.3 Å². The second kappa shape index (κ2) is 37.8. The first-order chi connectivity index (χ1) is 46.1. The van der Waals surface area contributed by atoms with Gasteiger partial charge in [0.05, 0.1) is 54.7 Å². The van der Waals surface area contributed by atoms with Crippen LogP contribution in [-0.4, -0.2) is 183 Å². The molecule has 0 saturated carbocycles. The number of amides is 10. The highest BCUT2D eigenvalue weighted by molar-refractivity contribution is 6.10. The van der Waals surface area contributed by atoms with Crippen LogP contribution in [0.2, 0.25) is 0 Å². The summed E-state index contributed by atoms with van der Waals surface area (Å²) in [5, 5.41) is 25.2. The summed E-state index contributed by atoms with van der Waals surface area (Å²) in [4.78, 5) is 204. The Bertz CT molecular complexity index is 3140. The third-order valence-electron chi connectivity index (χ3n) is 13.8. The fraction of sp³-hybridized carbons (Fsp3) is 0.500. The number of nitrogens with one attached hydrogen (secondary N) is 10. The molecule has 536 valence electrons. The maximum atomic E-state index is 14.3. The van der Waals surface area contributed by atoms with Crippen molar-refractivity contribution < 1.29 is 105 Å². The Morgan fingerprint density at radius 1 is 0.439 bits per heavy atom. The van der Waals surface area contributed by atoms with Gasteiger partial charge in [-0.1, -0.05) is 88.4 Å². The van der Waals surface area contributed by atoms with Crippen LogP contribution >= 0.6 is 0 Å². The summed E-state index contributed by atoms with van der Waals surface area (Å²) >= 11 is 0. The summed E-state index contributed by atoms with van der Waals surface area (Å²) in [7, 11) is 3.73. The van der Waals surface area contributed by atoms with Gasteiger partial charge in [-0.15, -0.1) is 0 Å². The van der Waals surface area contributed by atoms with Gasteiger partial charge in [0.1, 0.15) is 46.8 Å². The number of methoxy groups -OCH3 is 4. The second-order valence-corrected chi connectivity index (χ2v) is 24.5. The summed E-state index contributed by atoms with van der Waals surface area (Å²) in [5.41, 5.74) is -6.67. The molecule has 4 rings (SSSR count). The average molecular weight is 1380 g/mol. The minimum atomic E-state index is -1.61. The summed E-state index contributed by atoms with van der Waals surface area (Å²) in [6.45, 7) is 13.2. The Balaban J connectivity index is 1.61. The number of hydroxylamine groups is 4. The number of alkyl carbamates (subject to hydrolysis) is 2. The van der Waals surface area contributed by atoms with Crippen LogP contribution in [0.5, 0.6) is 0 Å². The molecule has 0 unspecified atom stereocenters. The lowest BCUT2D eigenvalue weighted by Gasteiger charge is -2.25. The van der Waals surface area contributed by atoms with Crippen molar-refractivity contribution in [3.05, 3.63) is 106 Å². The van der Waals surface area contributed by atoms with Crippen molar-refractivity contribution in [1.29, 1.82) is 0 Å². The van der Waals surface area contributed by atoms with Gasteiger partial charge in [-0.3, -0.25) is 58.7 Å². The van der Waals surface area contributed by atoms with E-state index < -0.39 is 178 Å². The van der Waals surface area contributed by atoms with E-state index in [2.05, 4.69) is 53.2 Å². The summed E-state index contributed by atoms with van der Waals surface area (Å²) in [6, 6.07) is 13.0. The van der Waals surface area contributed by atoms with E-state index in [4.69, 9.17) is 38.1 Å². The molecular formula is C64H88N12O22. The molecule has 4 atom stereocenters. The third kappa shape index (κ3) is 25.3. The molecule has 98 heavy (non-hydrogen) atoms. The molecule has 2 aromatic carbocycles. The first-order valence-corrected chi connectivity index (χ1v) is 30.9. The maximum absolute atomic E-state index is 14.3. The van der Waals surface area contributed by atoms with Crippen LogP contribution in [0.3, 0.4) is 0 Å². The highest BCUT2D eigenvalue weighted by atomic mass is 16.7. The van der Waals surface area contributed by atoms with Crippen molar-refractivity contribution in [2.75, 3.05) is 54.6 Å². The Kier molecular flexibility index (Phi) is 30.9. The predicted molar refractivity (Wildman–Crippen MR) is 342 cm³/mol. The first-order valence-electron chi connectivity index (χ1n) is 30.9. The number of esters is 4. The van der Waals surface area contributed by atoms with Gasteiger partial charge in [-0.05, 0) is 90.2 Å². The highest BCUT2D eigenvalue weighted by Crippen LogP contribution is 2.23. The molecule has 10 amide bonds. The second-order valence-electron chi connectivity index (χ2n) is 24.5. The average Bonchev–Trinajstić information content (AvgIpc) is 1.50. The van der Waals surface area contributed by atoms with Crippen LogP contribution in [0.25, 0.3) is 0 Å². The van der Waals surface area contributed by atoms with Crippen LogP contribution in [0.1, 0.15) is 106 Å². The van der Waals surface area contributed by atoms with Crippen LogP contribution in [0, 0.1) is 11.8 Å². The zero-order valence-corrected chi connectivity index (χ0v) is 57.2. The standard InChI is InChI=1S/C64H88N12O22/c1-35(2)43(55(83)71-49(59(87)93-13)47(57(85)91-11)69-51(79)39-27-21-29-75(39)95-33-37-23-17-15-18-24-37)67-41(77)31-65-53(81)45(73-61(89)97-63(5,6)7)46(74-62(90)98-64(8,9)10)54(82)66-32-42(78)68-44(36(3)4)56(84)72-50(60(88)94-14)48(58(86)92-12)70-52(80)40-28-22-30-76(40)96-34-38-25-19-16-20-26-38/h15-20,23-26,35-36,39-40,43-44H,21-22,27-34H2,1-14H3,(H,65,81)(H,66,82)(H,67,77)(H,68,78)(H,69,79)(H,70,80)(H,71,83)(H,72,84)(H,73,89)(H,74,90)/b46-45+,49-47-,50-48-/t39-,40-,43-,44-/m0/s1. The number of ether oxygens (including phenoxy) is 6. The highest BCUT2D eigenvalue weighted by Gasteiger charge is 2.39. The predicted octanol–water partition coefficient (Wildman–Crippen LogP) is 0.534. The SMILES string of the molecule is COC(=O)/C(NC(=O)[C@@H](NC(=O)CNC(=O)/C(NC(=O)OC(C)(C)C)=C(\NC(=O)OC(C)(C)C)C(=O)NCC(=O)N[C@H](C(=O)N/C(C(=O)OC)=C(\NC(=O)[C@@H]1CCCN1OCc1ccccc1)C(=O)OC)C(C)C)C(C)C)=C(/NC(=O)[C@@H]1CCCN1OCc1ccccc1)C(=O)OC. The number of rotatable bonds is 30. The Labute approximate surface area is 565 Å². The Morgan fingerprint density at radius 3 is 1.03 bits per heavy atom. The fourth-order valence-corrected chi connectivity index (χ4v) is 9.16. The van der Waals surface area contributed by atoms with Gasteiger partial charge < -0.3 is 71.0 Å². The van der Waals surface area contributed by atoms with Gasteiger partial charge in [0, 0.05) is 13.1 Å². The quantitative estimate of drug-likeness (QED) is 0.0290.